The minimum Gasteiger partial charge on any atom is -0.508 e. The summed E-state index contributed by atoms with van der Waals surface area (Å²) < 4.78 is 0. The predicted molar refractivity (Wildman–Crippen MR) is 129 cm³/mol. The van der Waals surface area contributed by atoms with Crippen molar-refractivity contribution in [2.75, 3.05) is 20.6 Å². The lowest BCUT2D eigenvalue weighted by Gasteiger charge is -2.52. The quantitative estimate of drug-likeness (QED) is 0.660. The van der Waals surface area contributed by atoms with E-state index in [-0.39, 0.29) is 5.41 Å². The molecule has 0 amide bonds. The van der Waals surface area contributed by atoms with Crippen molar-refractivity contribution in [1.29, 1.82) is 0 Å². The van der Waals surface area contributed by atoms with Gasteiger partial charge in [-0.3, -0.25) is 4.79 Å². The molecule has 1 N–H and O–H groups in total. The van der Waals surface area contributed by atoms with Crippen LogP contribution in [0.15, 0.2) is 42.5 Å². The molecule has 0 radical (unpaired) electrons. The summed E-state index contributed by atoms with van der Waals surface area (Å²) in [5.41, 5.74) is 5.34. The highest BCUT2D eigenvalue weighted by atomic mass is 16.3. The van der Waals surface area contributed by atoms with Gasteiger partial charge in [0.1, 0.15) is 11.5 Å². The van der Waals surface area contributed by atoms with Gasteiger partial charge in [-0.1, -0.05) is 37.3 Å². The third-order valence-electron chi connectivity index (χ3n) is 8.90. The van der Waals surface area contributed by atoms with Gasteiger partial charge in [0.2, 0.25) is 0 Å². The molecule has 2 saturated carbocycles. The Kier molecular flexibility index (Phi) is 5.65. The Morgan fingerprint density at radius 2 is 1.84 bits per heavy atom. The second kappa shape index (κ2) is 8.33. The summed E-state index contributed by atoms with van der Waals surface area (Å²) in [6.07, 6.45) is 7.20. The van der Waals surface area contributed by atoms with Crippen LogP contribution in [0.3, 0.4) is 0 Å². The van der Waals surface area contributed by atoms with Crippen LogP contribution in [0.2, 0.25) is 0 Å². The van der Waals surface area contributed by atoms with Crippen LogP contribution in [0, 0.1) is 17.3 Å². The first-order valence-electron chi connectivity index (χ1n) is 12.5. The van der Waals surface area contributed by atoms with Gasteiger partial charge in [-0.15, -0.1) is 0 Å². The average Bonchev–Trinajstić information content (AvgIpc) is 3.07. The molecule has 0 unspecified atom stereocenters. The fraction of sp³-hybridized carbons (Fsp3) is 0.552. The van der Waals surface area contributed by atoms with Gasteiger partial charge in [0.25, 0.3) is 0 Å². The molecule has 2 aromatic carbocycles. The largest absolute Gasteiger partial charge is 0.508 e. The van der Waals surface area contributed by atoms with E-state index >= 15 is 0 Å². The molecule has 0 aliphatic heterocycles. The lowest BCUT2D eigenvalue weighted by molar-refractivity contribution is -0.130. The molecular formula is C29H37NO2. The molecular weight excluding hydrogens is 394 g/mol. The predicted octanol–water partition coefficient (Wildman–Crippen LogP) is 5.71. The number of phenols is 1. The Bertz CT molecular complexity index is 995. The second-order valence-electron chi connectivity index (χ2n) is 11.1. The van der Waals surface area contributed by atoms with Gasteiger partial charge in [-0.05, 0) is 117 Å². The van der Waals surface area contributed by atoms with Gasteiger partial charge >= 0.3 is 0 Å². The number of phenolic OH excluding ortho intramolecular Hbond substituents is 1. The van der Waals surface area contributed by atoms with Gasteiger partial charge in [0.05, 0.1) is 0 Å². The Morgan fingerprint density at radius 3 is 2.59 bits per heavy atom. The number of carbonyl (C=O) groups is 1. The molecule has 0 spiro atoms. The smallest absolute Gasteiger partial charge is 0.139 e. The molecule has 2 aromatic rings. The van der Waals surface area contributed by atoms with E-state index in [4.69, 9.17) is 0 Å². The monoisotopic (exact) mass is 431 g/mol. The van der Waals surface area contributed by atoms with E-state index in [1.807, 2.05) is 12.1 Å². The van der Waals surface area contributed by atoms with E-state index in [0.717, 1.165) is 45.1 Å². The first-order valence-corrected chi connectivity index (χ1v) is 12.5. The number of hydrogen-bond acceptors (Lipinski definition) is 3. The van der Waals surface area contributed by atoms with Crippen molar-refractivity contribution in [3.05, 3.63) is 64.7 Å². The molecule has 5 rings (SSSR count). The fourth-order valence-electron chi connectivity index (χ4n) is 7.32. The molecule has 3 heteroatoms. The summed E-state index contributed by atoms with van der Waals surface area (Å²) in [5, 5.41) is 10.1. The maximum atomic E-state index is 13.1. The van der Waals surface area contributed by atoms with Crippen LogP contribution in [0.25, 0.3) is 0 Å². The number of Topliss-reactive ketones (excluding diaryl/α,β-unsaturated/α-hetero) is 1. The third-order valence-corrected chi connectivity index (χ3v) is 8.90. The SMILES string of the molecule is CN(C)CCCc1ccc([C@H]2C[C@]3(C)C(=O)CC[C@H]3[C@@H]3CCc4cc(O)ccc4[C@H]32)cc1. The van der Waals surface area contributed by atoms with Crippen molar-refractivity contribution < 1.29 is 9.90 Å². The van der Waals surface area contributed by atoms with E-state index in [0.29, 0.717) is 35.2 Å². The first kappa shape index (κ1) is 21.7. The van der Waals surface area contributed by atoms with E-state index in [1.54, 1.807) is 0 Å². The number of aryl methyl sites for hydroxylation is 2. The molecule has 0 heterocycles. The number of ketones is 1. The molecule has 170 valence electrons. The number of hydrogen-bond donors (Lipinski definition) is 1. The van der Waals surface area contributed by atoms with Crippen molar-refractivity contribution in [2.24, 2.45) is 17.3 Å². The van der Waals surface area contributed by atoms with E-state index in [2.05, 4.69) is 56.3 Å². The van der Waals surface area contributed by atoms with Gasteiger partial charge in [0, 0.05) is 11.8 Å². The zero-order chi connectivity index (χ0) is 22.5. The second-order valence-corrected chi connectivity index (χ2v) is 11.1. The molecule has 2 fully saturated rings. The summed E-state index contributed by atoms with van der Waals surface area (Å²) >= 11 is 0. The summed E-state index contributed by atoms with van der Waals surface area (Å²) in [4.78, 5) is 15.3. The maximum absolute atomic E-state index is 13.1. The van der Waals surface area contributed by atoms with E-state index in [1.165, 1.54) is 28.7 Å². The van der Waals surface area contributed by atoms with Crippen LogP contribution >= 0.6 is 0 Å². The summed E-state index contributed by atoms with van der Waals surface area (Å²) in [6.45, 7) is 3.37. The lowest BCUT2D eigenvalue weighted by Crippen LogP contribution is -2.46. The Labute approximate surface area is 192 Å². The number of rotatable bonds is 5. The van der Waals surface area contributed by atoms with Crippen molar-refractivity contribution in [3.63, 3.8) is 0 Å². The van der Waals surface area contributed by atoms with E-state index < -0.39 is 0 Å². The molecule has 0 saturated heterocycles. The number of aromatic hydroxyl groups is 1. The van der Waals surface area contributed by atoms with E-state index in [9.17, 15) is 9.90 Å². The standard InChI is InChI=1S/C29H37NO2/c1-29-18-25(20-8-6-19(7-9-20)5-4-16-30(2)3)28-23-13-11-22(31)17-21(23)10-12-24(28)26(29)14-15-27(29)32/h6-9,11,13,17,24-26,28,31H,4-5,10,12,14-16,18H2,1-3H3/t24-,25+,26-,28+,29-/m0/s1. The highest BCUT2D eigenvalue weighted by molar-refractivity contribution is 5.87. The normalized spacial score (nSPS) is 31.3. The van der Waals surface area contributed by atoms with Gasteiger partial charge in [-0.25, -0.2) is 0 Å². The average molecular weight is 432 g/mol. The highest BCUT2D eigenvalue weighted by Crippen LogP contribution is 2.64. The summed E-state index contributed by atoms with van der Waals surface area (Å²) in [6, 6.07) is 15.3. The Hall–Kier alpha value is -2.13. The van der Waals surface area contributed by atoms with Gasteiger partial charge in [0.15, 0.2) is 0 Å². The van der Waals surface area contributed by atoms with Crippen LogP contribution in [0.4, 0.5) is 0 Å². The minimum atomic E-state index is -0.176. The van der Waals surface area contributed by atoms with Crippen LogP contribution in [-0.2, 0) is 17.6 Å². The van der Waals surface area contributed by atoms with Crippen LogP contribution in [0.5, 0.6) is 5.75 Å². The van der Waals surface area contributed by atoms with Crippen LogP contribution in [-0.4, -0.2) is 36.4 Å². The Balaban J connectivity index is 1.49. The fourth-order valence-corrected chi connectivity index (χ4v) is 7.32. The molecule has 3 aliphatic carbocycles. The molecule has 3 aliphatic rings. The minimum absolute atomic E-state index is 0.176. The lowest BCUT2D eigenvalue weighted by atomic mass is 9.51. The maximum Gasteiger partial charge on any atom is 0.139 e. The molecule has 3 nitrogen and oxygen atoms in total. The van der Waals surface area contributed by atoms with Crippen molar-refractivity contribution in [2.45, 2.75) is 63.7 Å². The molecule has 5 atom stereocenters. The summed E-state index contributed by atoms with van der Waals surface area (Å²) in [7, 11) is 4.25. The topological polar surface area (TPSA) is 40.5 Å². The van der Waals surface area contributed by atoms with Crippen molar-refractivity contribution in [3.8, 4) is 5.75 Å². The first-order chi connectivity index (χ1) is 15.4. The molecule has 0 bridgehead atoms. The van der Waals surface area contributed by atoms with Crippen LogP contribution in [0.1, 0.15) is 73.1 Å². The highest BCUT2D eigenvalue weighted by Gasteiger charge is 2.57. The molecule has 0 aromatic heterocycles. The van der Waals surface area contributed by atoms with Gasteiger partial charge < -0.3 is 10.0 Å². The Morgan fingerprint density at radius 1 is 1.06 bits per heavy atom. The number of benzene rings is 2. The van der Waals surface area contributed by atoms with Crippen molar-refractivity contribution in [1.82, 2.24) is 4.90 Å². The number of carbonyl (C=O) groups excluding carboxylic acids is 1. The number of nitrogens with zero attached hydrogens (tertiary/aromatic N) is 1. The zero-order valence-electron chi connectivity index (χ0n) is 19.8. The zero-order valence-corrected chi connectivity index (χ0v) is 19.8. The summed E-state index contributed by atoms with van der Waals surface area (Å²) in [5.74, 6) is 2.73. The molecule has 32 heavy (non-hydrogen) atoms. The van der Waals surface area contributed by atoms with Crippen LogP contribution < -0.4 is 0 Å². The van der Waals surface area contributed by atoms with Crippen molar-refractivity contribution >= 4 is 5.78 Å². The van der Waals surface area contributed by atoms with Gasteiger partial charge in [-0.2, -0.15) is 0 Å². The third kappa shape index (κ3) is 3.69. The number of fused-ring (bicyclic) bond motifs is 5.